The van der Waals surface area contributed by atoms with E-state index in [0.717, 1.165) is 6.42 Å². The zero-order chi connectivity index (χ0) is 15.0. The molecule has 1 amide bonds. The second-order valence-corrected chi connectivity index (χ2v) is 5.63. The minimum absolute atomic E-state index is 0.00592. The van der Waals surface area contributed by atoms with Gasteiger partial charge in [-0.1, -0.05) is 13.8 Å². The molecule has 112 valence electrons. The SMILES string of the molecule is COC(=O)CN(C(=O)CC(CN)CC(C)C)C(C)C. The lowest BCUT2D eigenvalue weighted by Gasteiger charge is -2.27. The Hall–Kier alpha value is -1.10. The predicted molar refractivity (Wildman–Crippen MR) is 75.5 cm³/mol. The van der Waals surface area contributed by atoms with E-state index in [1.54, 1.807) is 4.90 Å². The van der Waals surface area contributed by atoms with E-state index in [1.165, 1.54) is 7.11 Å². The maximum Gasteiger partial charge on any atom is 0.325 e. The van der Waals surface area contributed by atoms with Crippen LogP contribution in [0.15, 0.2) is 0 Å². The molecule has 0 fully saturated rings. The van der Waals surface area contributed by atoms with Crippen molar-refractivity contribution in [2.45, 2.75) is 46.6 Å². The maximum absolute atomic E-state index is 12.2. The molecule has 1 unspecified atom stereocenters. The van der Waals surface area contributed by atoms with Crippen molar-refractivity contribution in [2.24, 2.45) is 17.6 Å². The third-order valence-electron chi connectivity index (χ3n) is 3.07. The molecule has 0 aromatic rings. The van der Waals surface area contributed by atoms with Crippen LogP contribution in [0.3, 0.4) is 0 Å². The summed E-state index contributed by atoms with van der Waals surface area (Å²) in [7, 11) is 1.33. The number of ether oxygens (including phenoxy) is 1. The van der Waals surface area contributed by atoms with Gasteiger partial charge in [-0.3, -0.25) is 9.59 Å². The average molecular weight is 272 g/mol. The number of esters is 1. The van der Waals surface area contributed by atoms with Gasteiger partial charge in [-0.05, 0) is 38.6 Å². The van der Waals surface area contributed by atoms with Crippen LogP contribution in [0.25, 0.3) is 0 Å². The number of carbonyl (C=O) groups excluding carboxylic acids is 2. The van der Waals surface area contributed by atoms with E-state index in [2.05, 4.69) is 18.6 Å². The number of amides is 1. The second-order valence-electron chi connectivity index (χ2n) is 5.63. The molecule has 0 saturated carbocycles. The molecule has 0 saturated heterocycles. The van der Waals surface area contributed by atoms with Gasteiger partial charge < -0.3 is 15.4 Å². The minimum atomic E-state index is -0.393. The van der Waals surface area contributed by atoms with Crippen LogP contribution in [-0.2, 0) is 14.3 Å². The summed E-state index contributed by atoms with van der Waals surface area (Å²) in [5, 5.41) is 0. The van der Waals surface area contributed by atoms with Crippen molar-refractivity contribution in [1.82, 2.24) is 4.90 Å². The van der Waals surface area contributed by atoms with E-state index < -0.39 is 5.97 Å². The highest BCUT2D eigenvalue weighted by molar-refractivity contribution is 5.82. The number of hydrogen-bond acceptors (Lipinski definition) is 4. The molecule has 0 radical (unpaired) electrons. The van der Waals surface area contributed by atoms with Gasteiger partial charge in [-0.25, -0.2) is 0 Å². The Morgan fingerprint density at radius 3 is 2.16 bits per heavy atom. The summed E-state index contributed by atoms with van der Waals surface area (Å²) < 4.78 is 4.62. The predicted octanol–water partition coefficient (Wildman–Crippen LogP) is 1.41. The lowest BCUT2D eigenvalue weighted by Crippen LogP contribution is -2.42. The molecule has 0 aliphatic carbocycles. The summed E-state index contributed by atoms with van der Waals surface area (Å²) in [5.74, 6) is 0.257. The Morgan fingerprint density at radius 1 is 1.21 bits per heavy atom. The molecule has 0 spiro atoms. The molecule has 0 aromatic carbocycles. The highest BCUT2D eigenvalue weighted by atomic mass is 16.5. The van der Waals surface area contributed by atoms with Crippen LogP contribution in [0.1, 0.15) is 40.5 Å². The van der Waals surface area contributed by atoms with Gasteiger partial charge in [-0.2, -0.15) is 0 Å². The van der Waals surface area contributed by atoms with E-state index in [-0.39, 0.29) is 24.4 Å². The van der Waals surface area contributed by atoms with Crippen LogP contribution in [0.2, 0.25) is 0 Å². The van der Waals surface area contributed by atoms with Gasteiger partial charge in [0.15, 0.2) is 0 Å². The molecule has 1 atom stereocenters. The molecule has 0 rings (SSSR count). The normalized spacial score (nSPS) is 12.6. The Balaban J connectivity index is 4.58. The molecule has 2 N–H and O–H groups in total. The Labute approximate surface area is 116 Å². The lowest BCUT2D eigenvalue weighted by molar-refractivity contribution is -0.148. The van der Waals surface area contributed by atoms with E-state index in [1.807, 2.05) is 13.8 Å². The second kappa shape index (κ2) is 8.91. The van der Waals surface area contributed by atoms with Gasteiger partial charge >= 0.3 is 5.97 Å². The van der Waals surface area contributed by atoms with Gasteiger partial charge in [0, 0.05) is 12.5 Å². The molecular weight excluding hydrogens is 244 g/mol. The molecule has 0 heterocycles. The van der Waals surface area contributed by atoms with E-state index in [0.29, 0.717) is 18.9 Å². The van der Waals surface area contributed by atoms with Crippen LogP contribution in [0.5, 0.6) is 0 Å². The van der Waals surface area contributed by atoms with Gasteiger partial charge in [-0.15, -0.1) is 0 Å². The van der Waals surface area contributed by atoms with Crippen LogP contribution in [0, 0.1) is 11.8 Å². The van der Waals surface area contributed by atoms with Crippen molar-refractivity contribution in [2.75, 3.05) is 20.2 Å². The molecule has 0 aliphatic rings. The van der Waals surface area contributed by atoms with Gasteiger partial charge in [0.2, 0.25) is 5.91 Å². The monoisotopic (exact) mass is 272 g/mol. The zero-order valence-corrected chi connectivity index (χ0v) is 12.8. The van der Waals surface area contributed by atoms with Crippen molar-refractivity contribution < 1.29 is 14.3 Å². The molecule has 19 heavy (non-hydrogen) atoms. The molecular formula is C14H28N2O3. The summed E-state index contributed by atoms with van der Waals surface area (Å²) in [6.45, 7) is 8.51. The summed E-state index contributed by atoms with van der Waals surface area (Å²) in [4.78, 5) is 25.1. The van der Waals surface area contributed by atoms with Crippen molar-refractivity contribution >= 4 is 11.9 Å². The van der Waals surface area contributed by atoms with Crippen LogP contribution < -0.4 is 5.73 Å². The molecule has 5 heteroatoms. The Bertz CT molecular complexity index is 290. The maximum atomic E-state index is 12.2. The number of methoxy groups -OCH3 is 1. The van der Waals surface area contributed by atoms with Gasteiger partial charge in [0.1, 0.15) is 6.54 Å². The highest BCUT2D eigenvalue weighted by Gasteiger charge is 2.23. The fraction of sp³-hybridized carbons (Fsp3) is 0.857. The van der Waals surface area contributed by atoms with Crippen LogP contribution in [0.4, 0.5) is 0 Å². The van der Waals surface area contributed by atoms with E-state index in [9.17, 15) is 9.59 Å². The largest absolute Gasteiger partial charge is 0.468 e. The first-order valence-corrected chi connectivity index (χ1v) is 6.88. The first-order chi connectivity index (χ1) is 8.81. The van der Waals surface area contributed by atoms with Crippen LogP contribution in [-0.4, -0.2) is 43.0 Å². The molecule has 0 aromatic heterocycles. The van der Waals surface area contributed by atoms with E-state index in [4.69, 9.17) is 5.73 Å². The molecule has 5 nitrogen and oxygen atoms in total. The standard InChI is InChI=1S/C14H28N2O3/c1-10(2)6-12(8-15)7-13(17)16(11(3)4)9-14(18)19-5/h10-12H,6-9,15H2,1-5H3. The quantitative estimate of drug-likeness (QED) is 0.678. The molecule has 0 bridgehead atoms. The highest BCUT2D eigenvalue weighted by Crippen LogP contribution is 2.16. The smallest absolute Gasteiger partial charge is 0.325 e. The third-order valence-corrected chi connectivity index (χ3v) is 3.07. The van der Waals surface area contributed by atoms with Crippen molar-refractivity contribution in [1.29, 1.82) is 0 Å². The Kier molecular flexibility index (Phi) is 8.39. The van der Waals surface area contributed by atoms with E-state index >= 15 is 0 Å². The number of nitrogens with two attached hydrogens (primary N) is 1. The summed E-state index contributed by atoms with van der Waals surface area (Å²) >= 11 is 0. The Morgan fingerprint density at radius 2 is 1.79 bits per heavy atom. The number of carbonyl (C=O) groups is 2. The van der Waals surface area contributed by atoms with Crippen molar-refractivity contribution in [3.63, 3.8) is 0 Å². The van der Waals surface area contributed by atoms with Crippen LogP contribution >= 0.6 is 0 Å². The zero-order valence-electron chi connectivity index (χ0n) is 12.8. The first kappa shape index (κ1) is 17.9. The summed E-state index contributed by atoms with van der Waals surface area (Å²) in [5.41, 5.74) is 5.71. The number of nitrogens with zero attached hydrogens (tertiary/aromatic N) is 1. The van der Waals surface area contributed by atoms with Gasteiger partial charge in [0.25, 0.3) is 0 Å². The summed E-state index contributed by atoms with van der Waals surface area (Å²) in [6.07, 6.45) is 1.32. The first-order valence-electron chi connectivity index (χ1n) is 6.88. The fourth-order valence-electron chi connectivity index (χ4n) is 2.06. The number of rotatable bonds is 8. The summed E-state index contributed by atoms with van der Waals surface area (Å²) in [6, 6.07) is -0.0240. The topological polar surface area (TPSA) is 72.6 Å². The van der Waals surface area contributed by atoms with Gasteiger partial charge in [0.05, 0.1) is 7.11 Å². The average Bonchev–Trinajstić information content (AvgIpc) is 2.33. The molecule has 0 aliphatic heterocycles. The van der Waals surface area contributed by atoms with Crippen molar-refractivity contribution in [3.8, 4) is 0 Å². The van der Waals surface area contributed by atoms with Crippen molar-refractivity contribution in [3.05, 3.63) is 0 Å². The fourth-order valence-corrected chi connectivity index (χ4v) is 2.06. The number of hydrogen-bond donors (Lipinski definition) is 1. The minimum Gasteiger partial charge on any atom is -0.468 e. The lowest BCUT2D eigenvalue weighted by atomic mass is 9.93. The third kappa shape index (κ3) is 7.15.